The van der Waals surface area contributed by atoms with E-state index < -0.39 is 53.2 Å². The maximum atomic E-state index is 13.0. The molecule has 41 heavy (non-hydrogen) atoms. The fraction of sp³-hybridized carbons (Fsp3) is 0.400. The fourth-order valence-corrected chi connectivity index (χ4v) is 4.82. The van der Waals surface area contributed by atoms with Crippen molar-refractivity contribution in [2.45, 2.75) is 71.2 Å². The minimum atomic E-state index is -1.44. The zero-order valence-electron chi connectivity index (χ0n) is 23.7. The Balaban J connectivity index is 1.62. The number of phenolic OH excluding ortho intramolecular Hbond substituents is 1. The average Bonchev–Trinajstić information content (AvgIpc) is 2.90. The number of hydrogen-bond acceptors (Lipinski definition) is 10. The molecule has 3 aromatic rings. The lowest BCUT2D eigenvalue weighted by Gasteiger charge is -2.46. The number of phenols is 1. The van der Waals surface area contributed by atoms with E-state index in [1.807, 2.05) is 19.9 Å². The molecule has 2 aromatic carbocycles. The number of benzene rings is 2. The maximum Gasteiger partial charge on any atom is 0.364 e. The molecule has 1 fully saturated rings. The molecule has 1 aliphatic heterocycles. The van der Waals surface area contributed by atoms with Gasteiger partial charge in [-0.1, -0.05) is 11.6 Å². The molecule has 1 aliphatic rings. The SMILES string of the molecule is COC1C(O)C(O)[C@H](Oc2ccc3c(O)c(NC(=O)c4ccc(O)c(CC=C(C)C)c4)c(=O)oc3c2C)OC1(C)C. The quantitative estimate of drug-likeness (QED) is 0.210. The summed E-state index contributed by atoms with van der Waals surface area (Å²) in [6, 6.07) is 7.21. The molecule has 11 nitrogen and oxygen atoms in total. The number of rotatable bonds is 7. The molecule has 1 saturated heterocycles. The number of fused-ring (bicyclic) bond motifs is 1. The Kier molecular flexibility index (Phi) is 8.46. The van der Waals surface area contributed by atoms with Crippen LogP contribution >= 0.6 is 0 Å². The Labute approximate surface area is 236 Å². The second kappa shape index (κ2) is 11.5. The number of ether oxygens (including phenoxy) is 3. The van der Waals surface area contributed by atoms with Gasteiger partial charge >= 0.3 is 5.63 Å². The van der Waals surface area contributed by atoms with Crippen LogP contribution in [0.1, 0.15) is 49.2 Å². The van der Waals surface area contributed by atoms with Gasteiger partial charge in [0.2, 0.25) is 6.29 Å². The van der Waals surface area contributed by atoms with E-state index >= 15 is 0 Å². The lowest BCUT2D eigenvalue weighted by molar-refractivity contribution is -0.306. The molecule has 1 amide bonds. The first-order valence-electron chi connectivity index (χ1n) is 13.0. The minimum Gasteiger partial charge on any atom is -0.508 e. The Morgan fingerprint density at radius 2 is 1.83 bits per heavy atom. The van der Waals surface area contributed by atoms with E-state index in [4.69, 9.17) is 18.6 Å². The summed E-state index contributed by atoms with van der Waals surface area (Å²) in [7, 11) is 1.40. The molecule has 0 bridgehead atoms. The van der Waals surface area contributed by atoms with Crippen LogP contribution in [0.4, 0.5) is 5.69 Å². The van der Waals surface area contributed by atoms with Crippen molar-refractivity contribution in [3.05, 3.63) is 69.1 Å². The van der Waals surface area contributed by atoms with Crippen LogP contribution in [0.5, 0.6) is 17.2 Å². The number of anilines is 1. The van der Waals surface area contributed by atoms with Crippen molar-refractivity contribution < 1.29 is 43.8 Å². The summed E-state index contributed by atoms with van der Waals surface area (Å²) in [5, 5.41) is 44.7. The normalized spacial score (nSPS) is 21.9. The molecule has 0 spiro atoms. The number of aromatic hydroxyl groups is 2. The number of aliphatic hydroxyl groups excluding tert-OH is 2. The van der Waals surface area contributed by atoms with Crippen LogP contribution in [0.3, 0.4) is 0 Å². The van der Waals surface area contributed by atoms with E-state index in [9.17, 15) is 30.0 Å². The predicted octanol–water partition coefficient (Wildman–Crippen LogP) is 3.52. The molecule has 4 rings (SSSR count). The molecule has 3 unspecified atom stereocenters. The first-order chi connectivity index (χ1) is 19.2. The van der Waals surface area contributed by atoms with Crippen LogP contribution in [-0.2, 0) is 15.9 Å². The summed E-state index contributed by atoms with van der Waals surface area (Å²) in [6.07, 6.45) is -2.49. The Morgan fingerprint density at radius 1 is 1.12 bits per heavy atom. The first kappa shape index (κ1) is 30.1. The van der Waals surface area contributed by atoms with Crippen molar-refractivity contribution in [1.82, 2.24) is 0 Å². The Bertz CT molecular complexity index is 1550. The molecule has 1 aromatic heterocycles. The van der Waals surface area contributed by atoms with Crippen molar-refractivity contribution in [2.75, 3.05) is 12.4 Å². The van der Waals surface area contributed by atoms with Gasteiger partial charge in [0, 0.05) is 18.2 Å². The molecule has 220 valence electrons. The zero-order valence-corrected chi connectivity index (χ0v) is 23.7. The largest absolute Gasteiger partial charge is 0.508 e. The Hall–Kier alpha value is -3.90. The topological polar surface area (TPSA) is 168 Å². The van der Waals surface area contributed by atoms with E-state index in [1.165, 1.54) is 37.4 Å². The van der Waals surface area contributed by atoms with Gasteiger partial charge in [0.05, 0.1) is 11.0 Å². The number of aryl methyl sites for hydroxylation is 1. The average molecular weight is 570 g/mol. The van der Waals surface area contributed by atoms with Crippen LogP contribution in [0, 0.1) is 6.92 Å². The first-order valence-corrected chi connectivity index (χ1v) is 13.0. The summed E-state index contributed by atoms with van der Waals surface area (Å²) < 4.78 is 22.5. The molecule has 5 N–H and O–H groups in total. The van der Waals surface area contributed by atoms with Gasteiger partial charge in [-0.2, -0.15) is 0 Å². The second-order valence-corrected chi connectivity index (χ2v) is 10.8. The van der Waals surface area contributed by atoms with E-state index in [-0.39, 0.29) is 28.0 Å². The number of methoxy groups -OCH3 is 1. The standard InChI is InChI=1S/C30H35NO10/c1-14(2)7-8-16-13-17(9-11-19(16)32)27(36)31-21-22(33)18-10-12-20(15(3)25(18)40-28(21)37)39-29-24(35)23(34)26(38-6)30(4,5)41-29/h7,9-13,23-24,26,29,32-35H,8H2,1-6H3,(H,31,36)/t23?,24?,26?,29-/m1/s1. The van der Waals surface area contributed by atoms with Gasteiger partial charge in [0.25, 0.3) is 5.91 Å². The zero-order chi connectivity index (χ0) is 30.2. The monoisotopic (exact) mass is 569 g/mol. The second-order valence-electron chi connectivity index (χ2n) is 10.8. The summed E-state index contributed by atoms with van der Waals surface area (Å²) in [6.45, 7) is 8.80. The highest BCUT2D eigenvalue weighted by atomic mass is 16.7. The Morgan fingerprint density at radius 3 is 2.49 bits per heavy atom. The van der Waals surface area contributed by atoms with Gasteiger partial charge in [-0.25, -0.2) is 4.79 Å². The van der Waals surface area contributed by atoms with Gasteiger partial charge in [-0.15, -0.1) is 0 Å². The molecule has 11 heteroatoms. The van der Waals surface area contributed by atoms with Crippen molar-refractivity contribution in [2.24, 2.45) is 0 Å². The van der Waals surface area contributed by atoms with Gasteiger partial charge in [0.1, 0.15) is 35.4 Å². The number of allylic oxidation sites excluding steroid dienone is 2. The van der Waals surface area contributed by atoms with Gasteiger partial charge in [0.15, 0.2) is 11.4 Å². The number of carbonyl (C=O) groups excluding carboxylic acids is 1. The number of carbonyl (C=O) groups is 1. The highest BCUT2D eigenvalue weighted by Gasteiger charge is 2.50. The van der Waals surface area contributed by atoms with Gasteiger partial charge in [-0.05, 0) is 76.9 Å². The van der Waals surface area contributed by atoms with E-state index in [2.05, 4.69) is 5.32 Å². The molecule has 2 heterocycles. The van der Waals surface area contributed by atoms with Gasteiger partial charge in [-0.3, -0.25) is 4.79 Å². The number of amides is 1. The molecule has 0 saturated carbocycles. The third-order valence-corrected chi connectivity index (χ3v) is 7.10. The van der Waals surface area contributed by atoms with Gasteiger partial charge < -0.3 is 44.4 Å². The maximum absolute atomic E-state index is 13.0. The third-order valence-electron chi connectivity index (χ3n) is 7.10. The highest BCUT2D eigenvalue weighted by molar-refractivity contribution is 6.06. The lowest BCUT2D eigenvalue weighted by Crippen LogP contribution is -2.63. The summed E-state index contributed by atoms with van der Waals surface area (Å²) >= 11 is 0. The molecule has 4 atom stereocenters. The van der Waals surface area contributed by atoms with E-state index in [1.54, 1.807) is 20.8 Å². The summed E-state index contributed by atoms with van der Waals surface area (Å²) in [4.78, 5) is 25.8. The van der Waals surface area contributed by atoms with Crippen molar-refractivity contribution in [3.63, 3.8) is 0 Å². The van der Waals surface area contributed by atoms with Crippen LogP contribution < -0.4 is 15.7 Å². The summed E-state index contributed by atoms with van der Waals surface area (Å²) in [5.74, 6) is -0.978. The lowest BCUT2D eigenvalue weighted by atomic mass is 9.89. The van der Waals surface area contributed by atoms with Crippen LogP contribution in [0.15, 0.2) is 51.2 Å². The van der Waals surface area contributed by atoms with Crippen molar-refractivity contribution >= 4 is 22.6 Å². The molecule has 0 radical (unpaired) electrons. The summed E-state index contributed by atoms with van der Waals surface area (Å²) in [5.41, 5.74) is -0.390. The van der Waals surface area contributed by atoms with Crippen LogP contribution in [0.25, 0.3) is 11.0 Å². The van der Waals surface area contributed by atoms with Crippen molar-refractivity contribution in [3.8, 4) is 17.2 Å². The van der Waals surface area contributed by atoms with Crippen molar-refractivity contribution in [1.29, 1.82) is 0 Å². The van der Waals surface area contributed by atoms with Crippen LogP contribution in [0.2, 0.25) is 0 Å². The predicted molar refractivity (Wildman–Crippen MR) is 150 cm³/mol. The molecule has 0 aliphatic carbocycles. The van der Waals surface area contributed by atoms with Crippen LogP contribution in [-0.4, -0.2) is 63.6 Å². The smallest absolute Gasteiger partial charge is 0.364 e. The number of hydrogen-bond donors (Lipinski definition) is 5. The highest BCUT2D eigenvalue weighted by Crippen LogP contribution is 2.38. The van der Waals surface area contributed by atoms with E-state index in [0.29, 0.717) is 17.5 Å². The number of aliphatic hydroxyl groups is 2. The minimum absolute atomic E-state index is 0.00322. The third kappa shape index (κ3) is 5.94. The molecular formula is C30H35NO10. The fourth-order valence-electron chi connectivity index (χ4n) is 4.82. The number of nitrogens with one attached hydrogen (secondary N) is 1. The van der Waals surface area contributed by atoms with E-state index in [0.717, 1.165) is 5.57 Å². The molecular weight excluding hydrogens is 534 g/mol.